The molecule has 0 N–H and O–H groups in total. The molecule has 2 aliphatic rings. The molecule has 0 saturated heterocycles. The normalized spacial score (nSPS) is 16.2. The smallest absolute Gasteiger partial charge is 0.490 e. The Hall–Kier alpha value is -4.78. The van der Waals surface area contributed by atoms with Gasteiger partial charge in [-0.1, -0.05) is 30.3 Å². The average molecular weight is 597 g/mol. The zero-order valence-electron chi connectivity index (χ0n) is 22.8. The summed E-state index contributed by atoms with van der Waals surface area (Å²) in [4.78, 5) is 16.7. The maximum atomic E-state index is 12.3. The van der Waals surface area contributed by atoms with Crippen LogP contribution >= 0.6 is 0 Å². The SMILES string of the molecule is O=[N+]([O-])c1cn2c(n1)OC(COc1ccc3c(c1)CN(Cc1ccc(OCc4ccc(OC(F)(F)F)cc4)cc1)C3)CC2. The molecule has 3 aromatic carbocycles. The van der Waals surface area contributed by atoms with Crippen LogP contribution in [0.15, 0.2) is 72.9 Å². The van der Waals surface area contributed by atoms with Crippen LogP contribution < -0.4 is 18.9 Å². The lowest BCUT2D eigenvalue weighted by Gasteiger charge is -2.22. The van der Waals surface area contributed by atoms with Crippen LogP contribution in [-0.4, -0.2) is 38.4 Å². The topological polar surface area (TPSA) is 101 Å². The number of aryl methyl sites for hydroxylation is 1. The number of nitrogens with zero attached hydrogens (tertiary/aromatic N) is 4. The highest BCUT2D eigenvalue weighted by Gasteiger charge is 2.31. The second-order valence-corrected chi connectivity index (χ2v) is 10.4. The van der Waals surface area contributed by atoms with Crippen LogP contribution in [0.2, 0.25) is 0 Å². The van der Waals surface area contributed by atoms with Gasteiger partial charge >= 0.3 is 18.2 Å². The van der Waals surface area contributed by atoms with E-state index >= 15 is 0 Å². The van der Waals surface area contributed by atoms with Gasteiger partial charge in [0.1, 0.15) is 42.8 Å². The van der Waals surface area contributed by atoms with Gasteiger partial charge in [-0.25, -0.2) is 0 Å². The fourth-order valence-corrected chi connectivity index (χ4v) is 5.07. The first-order valence-electron chi connectivity index (χ1n) is 13.6. The van der Waals surface area contributed by atoms with Crippen molar-refractivity contribution in [1.29, 1.82) is 0 Å². The van der Waals surface area contributed by atoms with E-state index in [0.29, 0.717) is 25.3 Å². The number of benzene rings is 3. The number of fused-ring (bicyclic) bond motifs is 2. The summed E-state index contributed by atoms with van der Waals surface area (Å²) < 4.78 is 60.1. The van der Waals surface area contributed by atoms with Gasteiger partial charge in [0.25, 0.3) is 0 Å². The fraction of sp³-hybridized carbons (Fsp3) is 0.300. The third-order valence-electron chi connectivity index (χ3n) is 7.17. The molecule has 0 fully saturated rings. The zero-order valence-corrected chi connectivity index (χ0v) is 22.8. The summed E-state index contributed by atoms with van der Waals surface area (Å²) in [5.74, 6) is 0.908. The third kappa shape index (κ3) is 7.17. The van der Waals surface area contributed by atoms with E-state index in [-0.39, 0.29) is 30.3 Å². The summed E-state index contributed by atoms with van der Waals surface area (Å²) in [6, 6.07) is 19.6. The first kappa shape index (κ1) is 28.3. The number of ether oxygens (including phenoxy) is 4. The largest absolute Gasteiger partial charge is 0.573 e. The van der Waals surface area contributed by atoms with Gasteiger partial charge in [-0.15, -0.1) is 13.2 Å². The predicted octanol–water partition coefficient (Wildman–Crippen LogP) is 6.01. The van der Waals surface area contributed by atoms with Crippen molar-refractivity contribution in [3.8, 4) is 23.3 Å². The van der Waals surface area contributed by atoms with Crippen molar-refractivity contribution in [2.75, 3.05) is 6.61 Å². The van der Waals surface area contributed by atoms with Gasteiger partial charge in [0.05, 0.1) is 0 Å². The molecule has 6 rings (SSSR count). The van der Waals surface area contributed by atoms with Crippen molar-refractivity contribution in [2.24, 2.45) is 0 Å². The van der Waals surface area contributed by atoms with Crippen LogP contribution in [0.3, 0.4) is 0 Å². The summed E-state index contributed by atoms with van der Waals surface area (Å²) in [5, 5.41) is 11.0. The first-order chi connectivity index (χ1) is 20.7. The molecule has 13 heteroatoms. The number of nitro groups is 1. The Morgan fingerprint density at radius 3 is 2.37 bits per heavy atom. The molecule has 4 aromatic rings. The van der Waals surface area contributed by atoms with Crippen LogP contribution in [0.4, 0.5) is 19.0 Å². The molecule has 1 unspecified atom stereocenters. The fourth-order valence-electron chi connectivity index (χ4n) is 5.07. The summed E-state index contributed by atoms with van der Waals surface area (Å²) in [6.07, 6.45) is -2.92. The van der Waals surface area contributed by atoms with Gasteiger partial charge in [0.15, 0.2) is 0 Å². The van der Waals surface area contributed by atoms with Crippen LogP contribution in [-0.2, 0) is 32.8 Å². The molecule has 0 amide bonds. The Morgan fingerprint density at radius 1 is 0.930 bits per heavy atom. The van der Waals surface area contributed by atoms with Crippen LogP contribution in [0.25, 0.3) is 0 Å². The van der Waals surface area contributed by atoms with Gasteiger partial charge in [0, 0.05) is 37.6 Å². The molecule has 1 aromatic heterocycles. The minimum atomic E-state index is -4.72. The molecule has 224 valence electrons. The van der Waals surface area contributed by atoms with Gasteiger partial charge in [-0.2, -0.15) is 0 Å². The lowest BCUT2D eigenvalue weighted by molar-refractivity contribution is -0.389. The van der Waals surface area contributed by atoms with Crippen molar-refractivity contribution in [3.05, 3.63) is 105 Å². The molecule has 10 nitrogen and oxygen atoms in total. The van der Waals surface area contributed by atoms with Gasteiger partial charge in [-0.3, -0.25) is 9.47 Å². The van der Waals surface area contributed by atoms with Crippen LogP contribution in [0.5, 0.6) is 23.3 Å². The number of imidazole rings is 1. The van der Waals surface area contributed by atoms with Crippen molar-refractivity contribution >= 4 is 5.82 Å². The van der Waals surface area contributed by atoms with E-state index in [1.807, 2.05) is 36.4 Å². The molecule has 0 spiro atoms. The minimum Gasteiger partial charge on any atom is -0.490 e. The monoisotopic (exact) mass is 596 g/mol. The number of halogens is 3. The van der Waals surface area contributed by atoms with E-state index in [4.69, 9.17) is 14.2 Å². The van der Waals surface area contributed by atoms with Crippen LogP contribution in [0, 0.1) is 10.1 Å². The van der Waals surface area contributed by atoms with E-state index in [2.05, 4.69) is 20.7 Å². The third-order valence-corrected chi connectivity index (χ3v) is 7.17. The highest BCUT2D eigenvalue weighted by Crippen LogP contribution is 2.30. The van der Waals surface area contributed by atoms with E-state index in [1.54, 1.807) is 4.57 Å². The zero-order chi connectivity index (χ0) is 30.0. The van der Waals surface area contributed by atoms with E-state index < -0.39 is 11.3 Å². The Bertz CT molecular complexity index is 1590. The molecule has 3 heterocycles. The summed E-state index contributed by atoms with van der Waals surface area (Å²) in [5.41, 5.74) is 4.28. The number of hydrogen-bond acceptors (Lipinski definition) is 8. The molecular formula is C30H27F3N4O6. The maximum Gasteiger partial charge on any atom is 0.573 e. The molecule has 0 radical (unpaired) electrons. The molecule has 2 aliphatic heterocycles. The Balaban J connectivity index is 0.961. The molecule has 1 atom stereocenters. The average Bonchev–Trinajstić information content (AvgIpc) is 3.59. The van der Waals surface area contributed by atoms with Crippen molar-refractivity contribution < 1.29 is 37.0 Å². The highest BCUT2D eigenvalue weighted by atomic mass is 19.4. The minimum absolute atomic E-state index is 0.220. The summed E-state index contributed by atoms with van der Waals surface area (Å²) in [6.45, 7) is 3.45. The summed E-state index contributed by atoms with van der Waals surface area (Å²) in [7, 11) is 0. The molecule has 43 heavy (non-hydrogen) atoms. The van der Waals surface area contributed by atoms with Crippen LogP contribution in [0.1, 0.15) is 28.7 Å². The van der Waals surface area contributed by atoms with E-state index in [9.17, 15) is 23.3 Å². The Kier molecular flexibility index (Phi) is 7.80. The second-order valence-electron chi connectivity index (χ2n) is 10.4. The number of alkyl halides is 3. The molecule has 0 saturated carbocycles. The second kappa shape index (κ2) is 11.8. The standard InChI is InChI=1S/C30H27F3N4O6/c31-30(32,33)43-25-8-3-21(4-9-25)18-40-24-6-1-20(2-7-24)14-35-15-22-5-10-26(13-23(22)16-35)41-19-27-11-12-36-17-28(37(38)39)34-29(36)42-27/h1-10,13,17,27H,11-12,14-16,18-19H2. The van der Waals surface area contributed by atoms with Gasteiger partial charge < -0.3 is 29.1 Å². The quantitative estimate of drug-likeness (QED) is 0.162. The number of rotatable bonds is 10. The maximum absolute atomic E-state index is 12.3. The van der Waals surface area contributed by atoms with Crippen molar-refractivity contribution in [3.63, 3.8) is 0 Å². The highest BCUT2D eigenvalue weighted by molar-refractivity contribution is 5.38. The molecular weight excluding hydrogens is 569 g/mol. The Morgan fingerprint density at radius 2 is 1.63 bits per heavy atom. The van der Waals surface area contributed by atoms with Gasteiger partial charge in [0.2, 0.25) is 0 Å². The number of hydrogen-bond donors (Lipinski definition) is 0. The van der Waals surface area contributed by atoms with E-state index in [1.165, 1.54) is 41.6 Å². The Labute approximate surface area is 244 Å². The van der Waals surface area contributed by atoms with Gasteiger partial charge in [-0.05, 0) is 63.6 Å². The first-order valence-corrected chi connectivity index (χ1v) is 13.6. The molecule has 0 bridgehead atoms. The lowest BCUT2D eigenvalue weighted by Crippen LogP contribution is -2.31. The summed E-state index contributed by atoms with van der Waals surface area (Å²) >= 11 is 0. The number of aromatic nitrogens is 2. The van der Waals surface area contributed by atoms with Crippen molar-refractivity contribution in [2.45, 2.75) is 51.7 Å². The predicted molar refractivity (Wildman–Crippen MR) is 147 cm³/mol. The molecule has 0 aliphatic carbocycles. The van der Waals surface area contributed by atoms with E-state index in [0.717, 1.165) is 36.5 Å². The van der Waals surface area contributed by atoms with Crippen molar-refractivity contribution in [1.82, 2.24) is 14.5 Å². The lowest BCUT2D eigenvalue weighted by atomic mass is 10.1.